The Bertz CT molecular complexity index is 916. The van der Waals surface area contributed by atoms with Gasteiger partial charge in [-0.05, 0) is 44.9 Å². The fourth-order valence-electron chi connectivity index (χ4n) is 7.79. The molecule has 0 aliphatic carbocycles. The Balaban J connectivity index is 4.31. The van der Waals surface area contributed by atoms with Crippen LogP contribution in [0.2, 0.25) is 0 Å². The van der Waals surface area contributed by atoms with Crippen molar-refractivity contribution in [2.75, 3.05) is 13.2 Å². The molecule has 0 heterocycles. The van der Waals surface area contributed by atoms with Crippen molar-refractivity contribution < 1.29 is 28.6 Å². The molecule has 0 aromatic carbocycles. The van der Waals surface area contributed by atoms with Crippen LogP contribution in [0.15, 0.2) is 12.2 Å². The molecule has 348 valence electrons. The second-order valence-corrected chi connectivity index (χ2v) is 17.8. The lowest BCUT2D eigenvalue weighted by Gasteiger charge is -2.18. The van der Waals surface area contributed by atoms with Gasteiger partial charge in [-0.3, -0.25) is 14.4 Å². The Morgan fingerprint density at radius 2 is 0.559 bits per heavy atom. The number of rotatable bonds is 48. The minimum atomic E-state index is -0.767. The number of esters is 3. The largest absolute Gasteiger partial charge is 0.462 e. The molecule has 0 rings (SSSR count). The lowest BCUT2D eigenvalue weighted by Crippen LogP contribution is -2.30. The summed E-state index contributed by atoms with van der Waals surface area (Å²) in [4.78, 5) is 37.9. The lowest BCUT2D eigenvalue weighted by molar-refractivity contribution is -0.167. The molecule has 0 aromatic rings. The third-order valence-corrected chi connectivity index (χ3v) is 11.8. The van der Waals surface area contributed by atoms with Crippen LogP contribution in [-0.4, -0.2) is 37.2 Å². The van der Waals surface area contributed by atoms with Crippen LogP contribution in [0.5, 0.6) is 0 Å². The first-order chi connectivity index (χ1) is 29.0. The van der Waals surface area contributed by atoms with E-state index in [1.54, 1.807) is 0 Å². The zero-order valence-electron chi connectivity index (χ0n) is 39.8. The Kier molecular flexibility index (Phi) is 47.3. The van der Waals surface area contributed by atoms with E-state index in [4.69, 9.17) is 14.2 Å². The minimum absolute atomic E-state index is 0.0680. The van der Waals surface area contributed by atoms with Crippen molar-refractivity contribution in [3.8, 4) is 0 Å². The van der Waals surface area contributed by atoms with Gasteiger partial charge < -0.3 is 14.2 Å². The van der Waals surface area contributed by atoms with Crippen molar-refractivity contribution in [1.82, 2.24) is 0 Å². The zero-order chi connectivity index (χ0) is 43.0. The van der Waals surface area contributed by atoms with Crippen LogP contribution in [0.1, 0.15) is 290 Å². The highest BCUT2D eigenvalue weighted by Gasteiger charge is 2.19. The summed E-state index contributed by atoms with van der Waals surface area (Å²) in [6, 6.07) is 0. The van der Waals surface area contributed by atoms with E-state index in [9.17, 15) is 14.4 Å². The molecule has 0 saturated heterocycles. The maximum absolute atomic E-state index is 12.8. The van der Waals surface area contributed by atoms with E-state index in [-0.39, 0.29) is 31.1 Å². The first-order valence-corrected chi connectivity index (χ1v) is 26.2. The number of unbranched alkanes of at least 4 members (excludes halogenated alkanes) is 35. The van der Waals surface area contributed by atoms with Gasteiger partial charge in [-0.25, -0.2) is 0 Å². The number of hydrogen-bond donors (Lipinski definition) is 0. The minimum Gasteiger partial charge on any atom is -0.462 e. The first kappa shape index (κ1) is 57.1. The Labute approximate surface area is 367 Å². The number of ether oxygens (including phenoxy) is 3. The molecule has 0 saturated carbocycles. The molecule has 0 aromatic heterocycles. The average molecular weight is 833 g/mol. The van der Waals surface area contributed by atoms with Gasteiger partial charge in [0.1, 0.15) is 13.2 Å². The van der Waals surface area contributed by atoms with E-state index in [1.165, 1.54) is 186 Å². The summed E-state index contributed by atoms with van der Waals surface area (Å²) < 4.78 is 16.8. The van der Waals surface area contributed by atoms with Crippen molar-refractivity contribution in [3.05, 3.63) is 12.2 Å². The van der Waals surface area contributed by atoms with Gasteiger partial charge in [-0.15, -0.1) is 0 Å². The van der Waals surface area contributed by atoms with Gasteiger partial charge >= 0.3 is 17.9 Å². The second-order valence-electron chi connectivity index (χ2n) is 17.8. The monoisotopic (exact) mass is 833 g/mol. The summed E-state index contributed by atoms with van der Waals surface area (Å²) in [5, 5.41) is 0. The van der Waals surface area contributed by atoms with E-state index in [1.807, 2.05) is 0 Å². The van der Waals surface area contributed by atoms with E-state index in [2.05, 4.69) is 32.9 Å². The SMILES string of the molecule is CCCCCCC/C=C\CCCCCCCC(=O)O[C@H](COC(=O)CCCCCCCCCCCCC)COC(=O)CCCCCCCCCCCCCCCCCC. The highest BCUT2D eigenvalue weighted by atomic mass is 16.6. The number of carbonyl (C=O) groups excluding carboxylic acids is 3. The van der Waals surface area contributed by atoms with Crippen LogP contribution in [-0.2, 0) is 28.6 Å². The third kappa shape index (κ3) is 47.1. The zero-order valence-corrected chi connectivity index (χ0v) is 39.8. The van der Waals surface area contributed by atoms with Crippen molar-refractivity contribution in [2.45, 2.75) is 297 Å². The molecule has 0 bridgehead atoms. The number of allylic oxidation sites excluding steroid dienone is 2. The molecule has 0 fully saturated rings. The molecule has 1 atom stereocenters. The predicted molar refractivity (Wildman–Crippen MR) is 252 cm³/mol. The van der Waals surface area contributed by atoms with Gasteiger partial charge in [0.15, 0.2) is 6.10 Å². The molecule has 0 aliphatic rings. The van der Waals surface area contributed by atoms with Crippen LogP contribution in [0.3, 0.4) is 0 Å². The van der Waals surface area contributed by atoms with Crippen LogP contribution in [0.4, 0.5) is 0 Å². The molecule has 59 heavy (non-hydrogen) atoms. The van der Waals surface area contributed by atoms with Crippen molar-refractivity contribution in [2.24, 2.45) is 0 Å². The average Bonchev–Trinajstić information content (AvgIpc) is 3.23. The van der Waals surface area contributed by atoms with Gasteiger partial charge in [0.2, 0.25) is 0 Å². The van der Waals surface area contributed by atoms with Crippen LogP contribution in [0, 0.1) is 0 Å². The van der Waals surface area contributed by atoms with Crippen LogP contribution in [0.25, 0.3) is 0 Å². The van der Waals surface area contributed by atoms with Gasteiger partial charge in [0.05, 0.1) is 0 Å². The second kappa shape index (κ2) is 48.8. The standard InChI is InChI=1S/C53H100O6/c1-4-7-10-13-16-19-22-24-26-27-29-31-34-37-40-43-46-52(55)58-49-50(48-57-51(54)45-42-39-36-33-30-21-18-15-12-9-6-3)59-53(56)47-44-41-38-35-32-28-25-23-20-17-14-11-8-5-2/h23,25,50H,4-22,24,26-49H2,1-3H3/b25-23-/t50-/m1/s1. The van der Waals surface area contributed by atoms with E-state index >= 15 is 0 Å². The molecular formula is C53H100O6. The first-order valence-electron chi connectivity index (χ1n) is 26.2. The summed E-state index contributed by atoms with van der Waals surface area (Å²) in [5.41, 5.74) is 0. The summed E-state index contributed by atoms with van der Waals surface area (Å²) in [6.07, 6.45) is 53.3. The topological polar surface area (TPSA) is 78.9 Å². The highest BCUT2D eigenvalue weighted by Crippen LogP contribution is 2.16. The summed E-state index contributed by atoms with van der Waals surface area (Å²) in [6.45, 7) is 6.65. The normalized spacial score (nSPS) is 12.0. The van der Waals surface area contributed by atoms with Crippen molar-refractivity contribution in [1.29, 1.82) is 0 Å². The molecule has 0 N–H and O–H groups in total. The highest BCUT2D eigenvalue weighted by molar-refractivity contribution is 5.71. The fourth-order valence-corrected chi connectivity index (χ4v) is 7.79. The molecular weight excluding hydrogens is 733 g/mol. The molecule has 0 radical (unpaired) electrons. The summed E-state index contributed by atoms with van der Waals surface area (Å²) in [5.74, 6) is -0.860. The van der Waals surface area contributed by atoms with E-state index in [0.29, 0.717) is 19.3 Å². The molecule has 0 spiro atoms. The van der Waals surface area contributed by atoms with Crippen LogP contribution < -0.4 is 0 Å². The maximum atomic E-state index is 12.8. The van der Waals surface area contributed by atoms with Gasteiger partial charge in [-0.1, -0.05) is 238 Å². The molecule has 0 unspecified atom stereocenters. The Morgan fingerprint density at radius 3 is 0.847 bits per heavy atom. The van der Waals surface area contributed by atoms with Crippen molar-refractivity contribution in [3.63, 3.8) is 0 Å². The third-order valence-electron chi connectivity index (χ3n) is 11.8. The molecule has 6 heteroatoms. The molecule has 6 nitrogen and oxygen atoms in total. The Morgan fingerprint density at radius 1 is 0.322 bits per heavy atom. The quantitative estimate of drug-likeness (QED) is 0.0263. The molecule has 0 aliphatic heterocycles. The predicted octanol–water partition coefficient (Wildman–Crippen LogP) is 17.0. The van der Waals surface area contributed by atoms with Crippen molar-refractivity contribution >= 4 is 17.9 Å². The van der Waals surface area contributed by atoms with Crippen LogP contribution >= 0.6 is 0 Å². The number of hydrogen-bond acceptors (Lipinski definition) is 6. The van der Waals surface area contributed by atoms with Gasteiger partial charge in [0, 0.05) is 19.3 Å². The lowest BCUT2D eigenvalue weighted by atomic mass is 10.0. The number of carbonyl (C=O) groups is 3. The smallest absolute Gasteiger partial charge is 0.306 e. The Hall–Kier alpha value is -1.85. The van der Waals surface area contributed by atoms with Gasteiger partial charge in [-0.2, -0.15) is 0 Å². The fraction of sp³-hybridized carbons (Fsp3) is 0.906. The van der Waals surface area contributed by atoms with Gasteiger partial charge in [0.25, 0.3) is 0 Å². The maximum Gasteiger partial charge on any atom is 0.306 e. The van der Waals surface area contributed by atoms with E-state index in [0.717, 1.165) is 64.2 Å². The summed E-state index contributed by atoms with van der Waals surface area (Å²) in [7, 11) is 0. The van der Waals surface area contributed by atoms with E-state index < -0.39 is 6.10 Å². The summed E-state index contributed by atoms with van der Waals surface area (Å²) >= 11 is 0. The molecule has 0 amide bonds.